The van der Waals surface area contributed by atoms with E-state index in [0.29, 0.717) is 16.9 Å². The molecule has 8 heteroatoms. The van der Waals surface area contributed by atoms with Crippen LogP contribution in [-0.4, -0.2) is 35.7 Å². The van der Waals surface area contributed by atoms with Crippen molar-refractivity contribution in [1.29, 1.82) is 0 Å². The number of hydrazone groups is 1. The van der Waals surface area contributed by atoms with Crippen LogP contribution in [0.5, 0.6) is 5.75 Å². The third kappa shape index (κ3) is 8.47. The van der Waals surface area contributed by atoms with Gasteiger partial charge in [-0.25, -0.2) is 10.2 Å². The molecule has 0 atom stereocenters. The number of rotatable bonds is 10. The number of amides is 2. The summed E-state index contributed by atoms with van der Waals surface area (Å²) in [5.41, 5.74) is 4.41. The Morgan fingerprint density at radius 3 is 2.17 bits per heavy atom. The van der Waals surface area contributed by atoms with Gasteiger partial charge in [0.05, 0.1) is 6.21 Å². The van der Waals surface area contributed by atoms with Crippen LogP contribution >= 0.6 is 0 Å². The number of aliphatic carboxylic acids is 1. The van der Waals surface area contributed by atoms with Crippen molar-refractivity contribution in [2.45, 2.75) is 0 Å². The SMILES string of the molecule is O=C(O)COc1ccc(/C=N/NC(=O)/C(=C/C=C/c2ccccc2)NC(=O)c2ccccc2)cc1. The summed E-state index contributed by atoms with van der Waals surface area (Å²) in [4.78, 5) is 35.9. The lowest BCUT2D eigenvalue weighted by Gasteiger charge is -2.08. The predicted octanol–water partition coefficient (Wildman–Crippen LogP) is 3.63. The summed E-state index contributed by atoms with van der Waals surface area (Å²) >= 11 is 0. The van der Waals surface area contributed by atoms with Crippen LogP contribution in [0.25, 0.3) is 6.08 Å². The Morgan fingerprint density at radius 1 is 0.857 bits per heavy atom. The molecule has 0 bridgehead atoms. The quantitative estimate of drug-likeness (QED) is 0.181. The topological polar surface area (TPSA) is 117 Å². The normalized spacial score (nSPS) is 11.4. The molecule has 35 heavy (non-hydrogen) atoms. The van der Waals surface area contributed by atoms with Gasteiger partial charge in [-0.3, -0.25) is 9.59 Å². The summed E-state index contributed by atoms with van der Waals surface area (Å²) in [7, 11) is 0. The molecule has 0 radical (unpaired) electrons. The predicted molar refractivity (Wildman–Crippen MR) is 133 cm³/mol. The molecule has 0 aliphatic heterocycles. The number of carboxylic acids is 1. The van der Waals surface area contributed by atoms with E-state index in [9.17, 15) is 14.4 Å². The number of benzene rings is 3. The molecule has 3 N–H and O–H groups in total. The molecular weight excluding hydrogens is 446 g/mol. The molecular formula is C27H23N3O5. The first kappa shape index (κ1) is 24.7. The van der Waals surface area contributed by atoms with E-state index in [1.165, 1.54) is 12.3 Å². The Morgan fingerprint density at radius 2 is 1.51 bits per heavy atom. The maximum absolute atomic E-state index is 12.7. The highest BCUT2D eigenvalue weighted by Crippen LogP contribution is 2.11. The number of carbonyl (C=O) groups excluding carboxylic acids is 2. The molecule has 0 saturated carbocycles. The number of hydrogen-bond donors (Lipinski definition) is 3. The fourth-order valence-electron chi connectivity index (χ4n) is 2.80. The van der Waals surface area contributed by atoms with E-state index >= 15 is 0 Å². The lowest BCUT2D eigenvalue weighted by Crippen LogP contribution is -2.32. The lowest BCUT2D eigenvalue weighted by atomic mass is 10.2. The third-order valence-corrected chi connectivity index (χ3v) is 4.50. The molecule has 0 heterocycles. The van der Waals surface area contributed by atoms with E-state index in [2.05, 4.69) is 15.8 Å². The standard InChI is InChI=1S/C27H23N3O5/c31-25(32)19-35-23-16-14-21(15-17-23)18-28-30-27(34)24(13-7-10-20-8-3-1-4-9-20)29-26(33)22-11-5-2-6-12-22/h1-18H,19H2,(H,29,33)(H,30,34)(H,31,32)/b10-7+,24-13-,28-18+. The number of nitrogens with one attached hydrogen (secondary N) is 2. The van der Waals surface area contributed by atoms with Gasteiger partial charge in [0.1, 0.15) is 11.4 Å². The van der Waals surface area contributed by atoms with E-state index in [1.54, 1.807) is 66.7 Å². The summed E-state index contributed by atoms with van der Waals surface area (Å²) in [5.74, 6) is -1.71. The van der Waals surface area contributed by atoms with Crippen LogP contribution in [0, 0.1) is 0 Å². The number of hydrogen-bond acceptors (Lipinski definition) is 5. The van der Waals surface area contributed by atoms with Crippen molar-refractivity contribution in [2.24, 2.45) is 5.10 Å². The molecule has 0 saturated heterocycles. The molecule has 3 aromatic rings. The fraction of sp³-hybridized carbons (Fsp3) is 0.0370. The average molecular weight is 469 g/mol. The highest BCUT2D eigenvalue weighted by molar-refractivity contribution is 6.03. The molecule has 0 aliphatic carbocycles. The van der Waals surface area contributed by atoms with Crippen molar-refractivity contribution in [2.75, 3.05) is 6.61 Å². The first-order valence-corrected chi connectivity index (χ1v) is 10.6. The van der Waals surface area contributed by atoms with Gasteiger partial charge in [-0.1, -0.05) is 60.7 Å². The van der Waals surface area contributed by atoms with E-state index in [0.717, 1.165) is 5.56 Å². The second-order valence-corrected chi connectivity index (χ2v) is 7.12. The zero-order valence-electron chi connectivity index (χ0n) is 18.6. The maximum atomic E-state index is 12.7. The summed E-state index contributed by atoms with van der Waals surface area (Å²) in [5, 5.41) is 15.2. The number of nitrogens with zero attached hydrogens (tertiary/aromatic N) is 1. The second-order valence-electron chi connectivity index (χ2n) is 7.12. The van der Waals surface area contributed by atoms with Gasteiger partial charge in [0, 0.05) is 5.56 Å². The first-order valence-electron chi connectivity index (χ1n) is 10.6. The molecule has 0 aromatic heterocycles. The molecule has 2 amide bonds. The Kier molecular flexibility index (Phi) is 9.09. The molecule has 0 unspecified atom stereocenters. The largest absolute Gasteiger partial charge is 0.482 e. The van der Waals surface area contributed by atoms with Gasteiger partial charge in [0.25, 0.3) is 11.8 Å². The van der Waals surface area contributed by atoms with Crippen molar-refractivity contribution in [3.63, 3.8) is 0 Å². The highest BCUT2D eigenvalue weighted by atomic mass is 16.5. The minimum absolute atomic E-state index is 0.0144. The minimum atomic E-state index is -1.07. The Bertz CT molecular complexity index is 1230. The fourth-order valence-corrected chi connectivity index (χ4v) is 2.80. The number of carbonyl (C=O) groups is 3. The molecule has 0 fully saturated rings. The van der Waals surface area contributed by atoms with Gasteiger partial charge in [0.2, 0.25) is 0 Å². The smallest absolute Gasteiger partial charge is 0.341 e. The molecule has 0 aliphatic rings. The van der Waals surface area contributed by atoms with Gasteiger partial charge in [-0.05, 0) is 53.6 Å². The van der Waals surface area contributed by atoms with Gasteiger partial charge in [0.15, 0.2) is 6.61 Å². The Labute approximate surface area is 202 Å². The van der Waals surface area contributed by atoms with Crippen LogP contribution in [0.4, 0.5) is 0 Å². The van der Waals surface area contributed by atoms with Crippen molar-refractivity contribution in [3.8, 4) is 5.75 Å². The third-order valence-electron chi connectivity index (χ3n) is 4.50. The minimum Gasteiger partial charge on any atom is -0.482 e. The van der Waals surface area contributed by atoms with Gasteiger partial charge in [-0.2, -0.15) is 5.10 Å². The summed E-state index contributed by atoms with van der Waals surface area (Å²) < 4.78 is 5.07. The van der Waals surface area contributed by atoms with Gasteiger partial charge in [-0.15, -0.1) is 0 Å². The van der Waals surface area contributed by atoms with E-state index < -0.39 is 24.4 Å². The van der Waals surface area contributed by atoms with Crippen molar-refractivity contribution < 1.29 is 24.2 Å². The summed E-state index contributed by atoms with van der Waals surface area (Å²) in [6.07, 6.45) is 6.37. The van der Waals surface area contributed by atoms with Crippen molar-refractivity contribution in [1.82, 2.24) is 10.7 Å². The van der Waals surface area contributed by atoms with Crippen LogP contribution in [0.3, 0.4) is 0 Å². The monoisotopic (exact) mass is 469 g/mol. The molecule has 8 nitrogen and oxygen atoms in total. The number of carboxylic acid groups (broad SMARTS) is 1. The van der Waals surface area contributed by atoms with Crippen molar-refractivity contribution in [3.05, 3.63) is 119 Å². The van der Waals surface area contributed by atoms with Crippen LogP contribution < -0.4 is 15.5 Å². The first-order chi connectivity index (χ1) is 17.0. The van der Waals surface area contributed by atoms with Crippen molar-refractivity contribution >= 4 is 30.1 Å². The zero-order chi connectivity index (χ0) is 24.9. The summed E-state index contributed by atoms with van der Waals surface area (Å²) in [6, 6.07) is 24.6. The van der Waals surface area contributed by atoms with Crippen LogP contribution in [0.1, 0.15) is 21.5 Å². The van der Waals surface area contributed by atoms with Crippen LogP contribution in [0.15, 0.2) is 108 Å². The van der Waals surface area contributed by atoms with E-state index in [4.69, 9.17) is 9.84 Å². The van der Waals surface area contributed by atoms with Gasteiger partial charge < -0.3 is 15.2 Å². The maximum Gasteiger partial charge on any atom is 0.341 e. The number of allylic oxidation sites excluding steroid dienone is 2. The van der Waals surface area contributed by atoms with Crippen LogP contribution in [0.2, 0.25) is 0 Å². The Balaban J connectivity index is 1.68. The van der Waals surface area contributed by atoms with E-state index in [-0.39, 0.29) is 5.70 Å². The summed E-state index contributed by atoms with van der Waals surface area (Å²) in [6.45, 7) is -0.438. The zero-order valence-corrected chi connectivity index (χ0v) is 18.6. The lowest BCUT2D eigenvalue weighted by molar-refractivity contribution is -0.139. The molecule has 3 aromatic carbocycles. The Hall–Kier alpha value is -4.98. The second kappa shape index (κ2) is 12.9. The molecule has 3 rings (SSSR count). The average Bonchev–Trinajstić information content (AvgIpc) is 2.88. The molecule has 0 spiro atoms. The van der Waals surface area contributed by atoms with Gasteiger partial charge >= 0.3 is 5.97 Å². The highest BCUT2D eigenvalue weighted by Gasteiger charge is 2.13. The number of ether oxygens (including phenoxy) is 1. The molecule has 176 valence electrons. The van der Waals surface area contributed by atoms with E-state index in [1.807, 2.05) is 30.3 Å². The van der Waals surface area contributed by atoms with Crippen LogP contribution in [-0.2, 0) is 9.59 Å².